The molecule has 2 aromatic carbocycles. The molecule has 0 amide bonds. The van der Waals surface area contributed by atoms with Crippen LogP contribution >= 0.6 is 0 Å². The molecule has 0 fully saturated rings. The Bertz CT molecular complexity index is 1070. The number of hydrogen-bond acceptors (Lipinski definition) is 0. The van der Waals surface area contributed by atoms with Gasteiger partial charge in [-0.15, -0.1) is 0 Å². The van der Waals surface area contributed by atoms with E-state index in [0.29, 0.717) is 0 Å². The van der Waals surface area contributed by atoms with Gasteiger partial charge in [-0.05, 0) is 59.4 Å². The molecule has 0 unspecified atom stereocenters. The third-order valence-electron chi connectivity index (χ3n) is 5.33. The van der Waals surface area contributed by atoms with Crippen LogP contribution in [0.1, 0.15) is 44.5 Å². The van der Waals surface area contributed by atoms with Gasteiger partial charge in [-0.25, -0.2) is 0 Å². The fourth-order valence-corrected chi connectivity index (χ4v) is 3.84. The lowest BCUT2D eigenvalue weighted by Crippen LogP contribution is -2.10. The van der Waals surface area contributed by atoms with Crippen LogP contribution < -0.4 is 0 Å². The second-order valence-electron chi connectivity index (χ2n) is 8.29. The molecule has 27 heavy (non-hydrogen) atoms. The van der Waals surface area contributed by atoms with Gasteiger partial charge >= 0.3 is 0 Å². The van der Waals surface area contributed by atoms with E-state index in [2.05, 4.69) is 111 Å². The van der Waals surface area contributed by atoms with Gasteiger partial charge in [0.1, 0.15) is 0 Å². The molecule has 1 nitrogen and oxygen atoms in total. The van der Waals surface area contributed by atoms with Gasteiger partial charge in [-0.3, -0.25) is 0 Å². The van der Waals surface area contributed by atoms with Crippen LogP contribution in [0.3, 0.4) is 0 Å². The predicted molar refractivity (Wildman–Crippen MR) is 118 cm³/mol. The summed E-state index contributed by atoms with van der Waals surface area (Å²) in [7, 11) is 0. The molecule has 136 valence electrons. The lowest BCUT2D eigenvalue weighted by Gasteiger charge is -2.19. The van der Waals surface area contributed by atoms with Crippen molar-refractivity contribution in [3.8, 4) is 5.69 Å². The molecule has 1 aliphatic carbocycles. The van der Waals surface area contributed by atoms with Crippen molar-refractivity contribution in [2.24, 2.45) is 0 Å². The van der Waals surface area contributed by atoms with E-state index < -0.39 is 0 Å². The average molecular weight is 354 g/mol. The van der Waals surface area contributed by atoms with E-state index in [-0.39, 0.29) is 5.41 Å². The summed E-state index contributed by atoms with van der Waals surface area (Å²) in [5.74, 6) is 0. The van der Waals surface area contributed by atoms with Crippen molar-refractivity contribution in [1.82, 2.24) is 4.57 Å². The molecule has 0 radical (unpaired) electrons. The lowest BCUT2D eigenvalue weighted by molar-refractivity contribution is 0.591. The molecule has 1 heteroatoms. The van der Waals surface area contributed by atoms with Crippen LogP contribution in [-0.2, 0) is 11.8 Å². The molecule has 0 spiro atoms. The standard InChI is InChI=1S/C26H27N/c1-5-6-10-19-13-15-24-22(17-19)23-18-20(26(2,3)4)14-16-25(23)27(24)21-11-8-7-9-12-21/h5-16,18H,17H2,1-4H3/b6-5-,19-10-. The third-order valence-corrected chi connectivity index (χ3v) is 5.33. The van der Waals surface area contributed by atoms with Crippen LogP contribution in [0, 0.1) is 0 Å². The second kappa shape index (κ2) is 6.74. The summed E-state index contributed by atoms with van der Waals surface area (Å²) in [5.41, 5.74) is 8.13. The molecule has 4 rings (SSSR count). The fraction of sp³-hybridized carbons (Fsp3) is 0.231. The van der Waals surface area contributed by atoms with E-state index in [1.807, 2.05) is 0 Å². The van der Waals surface area contributed by atoms with Crippen molar-refractivity contribution >= 4 is 17.0 Å². The average Bonchev–Trinajstić information content (AvgIpc) is 2.99. The molecule has 0 atom stereocenters. The van der Waals surface area contributed by atoms with Crippen LogP contribution in [0.5, 0.6) is 0 Å². The number of rotatable bonds is 2. The smallest absolute Gasteiger partial charge is 0.0537 e. The highest BCUT2D eigenvalue weighted by atomic mass is 15.0. The molecule has 0 saturated heterocycles. The van der Waals surface area contributed by atoms with Crippen LogP contribution in [0.25, 0.3) is 22.7 Å². The fourth-order valence-electron chi connectivity index (χ4n) is 3.84. The summed E-state index contributed by atoms with van der Waals surface area (Å²) in [4.78, 5) is 0. The summed E-state index contributed by atoms with van der Waals surface area (Å²) >= 11 is 0. The first-order chi connectivity index (χ1) is 13.0. The molecule has 0 bridgehead atoms. The van der Waals surface area contributed by atoms with Gasteiger partial charge in [0.25, 0.3) is 0 Å². The van der Waals surface area contributed by atoms with Crippen LogP contribution in [0.4, 0.5) is 0 Å². The van der Waals surface area contributed by atoms with Gasteiger partial charge < -0.3 is 4.57 Å². The zero-order chi connectivity index (χ0) is 19.0. The van der Waals surface area contributed by atoms with Crippen molar-refractivity contribution in [2.45, 2.75) is 39.5 Å². The number of para-hydroxylation sites is 1. The number of aromatic nitrogens is 1. The second-order valence-corrected chi connectivity index (χ2v) is 8.29. The quantitative estimate of drug-likeness (QED) is 0.467. The Hall–Kier alpha value is -2.80. The normalized spacial score (nSPS) is 15.8. The molecule has 0 saturated carbocycles. The number of benzene rings is 2. The first-order valence-corrected chi connectivity index (χ1v) is 9.72. The van der Waals surface area contributed by atoms with E-state index in [9.17, 15) is 0 Å². The maximum Gasteiger partial charge on any atom is 0.0537 e. The van der Waals surface area contributed by atoms with Gasteiger partial charge in [0, 0.05) is 17.5 Å². The van der Waals surface area contributed by atoms with Gasteiger partial charge in [0.05, 0.1) is 11.2 Å². The Labute approximate surface area is 162 Å². The Morgan fingerprint density at radius 2 is 1.74 bits per heavy atom. The topological polar surface area (TPSA) is 4.93 Å². The minimum atomic E-state index is 0.143. The minimum Gasteiger partial charge on any atom is -0.310 e. The van der Waals surface area contributed by atoms with Crippen LogP contribution in [0.15, 0.2) is 78.4 Å². The van der Waals surface area contributed by atoms with Crippen molar-refractivity contribution < 1.29 is 0 Å². The molecule has 1 aromatic heterocycles. The molecular formula is C26H27N. The number of fused-ring (bicyclic) bond motifs is 3. The van der Waals surface area contributed by atoms with E-state index in [4.69, 9.17) is 0 Å². The van der Waals surface area contributed by atoms with Gasteiger partial charge in [-0.1, -0.05) is 69.3 Å². The summed E-state index contributed by atoms with van der Waals surface area (Å²) in [5, 5.41) is 1.37. The van der Waals surface area contributed by atoms with Crippen molar-refractivity contribution in [3.05, 3.63) is 95.2 Å². The van der Waals surface area contributed by atoms with E-state index >= 15 is 0 Å². The maximum absolute atomic E-state index is 2.40. The molecular weight excluding hydrogens is 326 g/mol. The van der Waals surface area contributed by atoms with Gasteiger partial charge in [0.15, 0.2) is 0 Å². The third kappa shape index (κ3) is 3.19. The highest BCUT2D eigenvalue weighted by molar-refractivity contribution is 5.92. The molecule has 0 aliphatic heterocycles. The monoisotopic (exact) mass is 353 g/mol. The van der Waals surface area contributed by atoms with Gasteiger partial charge in [-0.2, -0.15) is 0 Å². The largest absolute Gasteiger partial charge is 0.310 e. The predicted octanol–water partition coefficient (Wildman–Crippen LogP) is 7.00. The Morgan fingerprint density at radius 3 is 2.44 bits per heavy atom. The summed E-state index contributed by atoms with van der Waals surface area (Å²) in [6, 6.07) is 17.7. The SMILES string of the molecule is C/C=C\C=C1\C=Cc2c(c3cc(C(C)(C)C)ccc3n2-c2ccccc2)C1. The summed E-state index contributed by atoms with van der Waals surface area (Å²) in [6.45, 7) is 8.91. The zero-order valence-electron chi connectivity index (χ0n) is 16.7. The van der Waals surface area contributed by atoms with E-state index in [0.717, 1.165) is 6.42 Å². The first-order valence-electron chi connectivity index (χ1n) is 9.72. The number of nitrogens with zero attached hydrogens (tertiary/aromatic N) is 1. The highest BCUT2D eigenvalue weighted by Gasteiger charge is 2.22. The van der Waals surface area contributed by atoms with Crippen molar-refractivity contribution in [2.75, 3.05) is 0 Å². The van der Waals surface area contributed by atoms with E-state index in [1.54, 1.807) is 0 Å². The summed E-state index contributed by atoms with van der Waals surface area (Å²) < 4.78 is 2.40. The molecule has 3 aromatic rings. The minimum absolute atomic E-state index is 0.143. The Kier molecular flexibility index (Phi) is 4.39. The number of allylic oxidation sites excluding steroid dienone is 5. The Morgan fingerprint density at radius 1 is 0.963 bits per heavy atom. The highest BCUT2D eigenvalue weighted by Crippen LogP contribution is 2.37. The van der Waals surface area contributed by atoms with E-state index in [1.165, 1.54) is 39.0 Å². The van der Waals surface area contributed by atoms with Crippen molar-refractivity contribution in [3.63, 3.8) is 0 Å². The summed E-state index contributed by atoms with van der Waals surface area (Å²) in [6.07, 6.45) is 11.9. The number of hydrogen-bond donors (Lipinski definition) is 0. The molecule has 1 aliphatic rings. The lowest BCUT2D eigenvalue weighted by atomic mass is 9.85. The molecule has 0 N–H and O–H groups in total. The van der Waals surface area contributed by atoms with Gasteiger partial charge in [0.2, 0.25) is 0 Å². The Balaban J connectivity index is 2.00. The van der Waals surface area contributed by atoms with Crippen LogP contribution in [0.2, 0.25) is 0 Å². The van der Waals surface area contributed by atoms with Crippen LogP contribution in [-0.4, -0.2) is 4.57 Å². The maximum atomic E-state index is 2.40. The molecule has 1 heterocycles. The first kappa shape index (κ1) is 17.6. The zero-order valence-corrected chi connectivity index (χ0v) is 16.7. The van der Waals surface area contributed by atoms with Crippen molar-refractivity contribution in [1.29, 1.82) is 0 Å².